The van der Waals surface area contributed by atoms with E-state index in [1.165, 1.54) is 11.2 Å². The maximum atomic E-state index is 13.3. The first-order valence-corrected chi connectivity index (χ1v) is 10.8. The monoisotopic (exact) mass is 402 g/mol. The molecule has 0 aromatic heterocycles. The molecule has 1 saturated heterocycles. The predicted octanol–water partition coefficient (Wildman–Crippen LogP) is 3.80. The lowest BCUT2D eigenvalue weighted by atomic mass is 10.0. The van der Waals surface area contributed by atoms with Crippen molar-refractivity contribution < 1.29 is 17.9 Å². The number of carbonyl (C=O) groups is 1. The fraction of sp³-hybridized carbons (Fsp3) is 0.381. The Morgan fingerprint density at radius 2 is 1.75 bits per heavy atom. The highest BCUT2D eigenvalue weighted by atomic mass is 32.2. The van der Waals surface area contributed by atoms with Gasteiger partial charge in [0.05, 0.1) is 11.8 Å². The number of benzene rings is 2. The number of anilines is 2. The van der Waals surface area contributed by atoms with E-state index < -0.39 is 20.7 Å². The van der Waals surface area contributed by atoms with Crippen molar-refractivity contribution in [2.24, 2.45) is 0 Å². The zero-order valence-electron chi connectivity index (χ0n) is 16.4. The van der Waals surface area contributed by atoms with E-state index in [0.717, 1.165) is 0 Å². The van der Waals surface area contributed by atoms with Gasteiger partial charge in [0.1, 0.15) is 5.75 Å². The van der Waals surface area contributed by atoms with Crippen molar-refractivity contribution in [2.75, 3.05) is 16.2 Å². The summed E-state index contributed by atoms with van der Waals surface area (Å²) in [5.41, 5.74) is 1.12. The van der Waals surface area contributed by atoms with Gasteiger partial charge in [-0.1, -0.05) is 18.2 Å². The highest BCUT2D eigenvalue weighted by molar-refractivity contribution is 7.95. The van der Waals surface area contributed by atoms with Crippen LogP contribution in [0.4, 0.5) is 11.4 Å². The molecule has 7 heteroatoms. The Balaban J connectivity index is 1.81. The SMILES string of the molecule is CC(C)Oc1ccc(NC(=O)[C@]2(C)CCCN(c3ccccc3)S2(=O)=O)cc1. The number of rotatable bonds is 5. The lowest BCUT2D eigenvalue weighted by molar-refractivity contribution is -0.118. The summed E-state index contributed by atoms with van der Waals surface area (Å²) in [5.74, 6) is 0.172. The van der Waals surface area contributed by atoms with E-state index in [4.69, 9.17) is 4.74 Å². The van der Waals surface area contributed by atoms with E-state index >= 15 is 0 Å². The molecular formula is C21H26N2O4S. The number of ether oxygens (including phenoxy) is 1. The van der Waals surface area contributed by atoms with E-state index in [0.29, 0.717) is 30.1 Å². The minimum Gasteiger partial charge on any atom is -0.491 e. The molecule has 1 atom stereocenters. The summed E-state index contributed by atoms with van der Waals surface area (Å²) < 4.78 is 32.0. The Bertz CT molecular complexity index is 927. The summed E-state index contributed by atoms with van der Waals surface area (Å²) in [6, 6.07) is 15.8. The number of nitrogens with zero attached hydrogens (tertiary/aromatic N) is 1. The molecule has 0 radical (unpaired) electrons. The third-order valence-corrected chi connectivity index (χ3v) is 7.38. The van der Waals surface area contributed by atoms with E-state index in [1.807, 2.05) is 19.9 Å². The Kier molecular flexibility index (Phi) is 5.65. The highest BCUT2D eigenvalue weighted by Crippen LogP contribution is 2.36. The first-order valence-electron chi connectivity index (χ1n) is 9.39. The average molecular weight is 403 g/mol. The molecule has 2 aromatic carbocycles. The number of nitrogens with one attached hydrogen (secondary N) is 1. The Morgan fingerprint density at radius 1 is 1.11 bits per heavy atom. The lowest BCUT2D eigenvalue weighted by Gasteiger charge is -2.39. The van der Waals surface area contributed by atoms with E-state index in [2.05, 4.69) is 5.32 Å². The topological polar surface area (TPSA) is 75.7 Å². The molecule has 1 amide bonds. The van der Waals surface area contributed by atoms with Crippen molar-refractivity contribution in [3.05, 3.63) is 54.6 Å². The van der Waals surface area contributed by atoms with Crippen LogP contribution in [0.25, 0.3) is 0 Å². The minimum absolute atomic E-state index is 0.0516. The molecular weight excluding hydrogens is 376 g/mol. The van der Waals surface area contributed by atoms with Gasteiger partial charge in [-0.05, 0) is 70.0 Å². The Hall–Kier alpha value is -2.54. The molecule has 0 unspecified atom stereocenters. The number of hydrogen-bond acceptors (Lipinski definition) is 4. The van der Waals surface area contributed by atoms with E-state index in [9.17, 15) is 13.2 Å². The first kappa shape index (κ1) is 20.2. The number of carbonyl (C=O) groups excluding carboxylic acids is 1. The Labute approximate surface area is 166 Å². The van der Waals surface area contributed by atoms with Crippen LogP contribution < -0.4 is 14.4 Å². The largest absolute Gasteiger partial charge is 0.491 e. The lowest BCUT2D eigenvalue weighted by Crippen LogP contribution is -2.57. The van der Waals surface area contributed by atoms with Crippen LogP contribution in [0.1, 0.15) is 33.6 Å². The summed E-state index contributed by atoms with van der Waals surface area (Å²) in [7, 11) is -3.86. The third-order valence-electron chi connectivity index (χ3n) is 4.88. The van der Waals surface area contributed by atoms with Gasteiger partial charge in [0.25, 0.3) is 0 Å². The van der Waals surface area contributed by atoms with Gasteiger partial charge in [-0.25, -0.2) is 8.42 Å². The molecule has 28 heavy (non-hydrogen) atoms. The van der Waals surface area contributed by atoms with Gasteiger partial charge in [0.2, 0.25) is 15.9 Å². The molecule has 1 aliphatic heterocycles. The van der Waals surface area contributed by atoms with Crippen molar-refractivity contribution in [3.63, 3.8) is 0 Å². The summed E-state index contributed by atoms with van der Waals surface area (Å²) in [6.45, 7) is 5.74. The fourth-order valence-corrected chi connectivity index (χ4v) is 5.24. The summed E-state index contributed by atoms with van der Waals surface area (Å²) in [5, 5.41) is 2.76. The van der Waals surface area contributed by atoms with Crippen LogP contribution in [-0.2, 0) is 14.8 Å². The maximum Gasteiger partial charge on any atom is 0.249 e. The van der Waals surface area contributed by atoms with Crippen LogP contribution in [0.15, 0.2) is 54.6 Å². The zero-order valence-corrected chi connectivity index (χ0v) is 17.2. The van der Waals surface area contributed by atoms with Crippen molar-refractivity contribution in [3.8, 4) is 5.75 Å². The summed E-state index contributed by atoms with van der Waals surface area (Å²) in [4.78, 5) is 13.0. The first-order chi connectivity index (χ1) is 13.2. The van der Waals surface area contributed by atoms with Gasteiger partial charge in [0, 0.05) is 12.2 Å². The quantitative estimate of drug-likeness (QED) is 0.825. The number of sulfonamides is 1. The van der Waals surface area contributed by atoms with Crippen LogP contribution >= 0.6 is 0 Å². The maximum absolute atomic E-state index is 13.3. The number of amides is 1. The van der Waals surface area contributed by atoms with Gasteiger partial charge in [-0.3, -0.25) is 9.10 Å². The van der Waals surface area contributed by atoms with Crippen LogP contribution in [0.5, 0.6) is 5.75 Å². The molecule has 0 aliphatic carbocycles. The van der Waals surface area contributed by atoms with Gasteiger partial charge in [-0.15, -0.1) is 0 Å². The normalized spacial score (nSPS) is 21.4. The smallest absolute Gasteiger partial charge is 0.249 e. The van der Waals surface area contributed by atoms with E-state index in [1.54, 1.807) is 48.5 Å². The standard InChI is InChI=1S/C21H26N2O4S/c1-16(2)27-19-12-10-17(11-13-19)22-20(24)21(3)14-7-15-23(28(21,25)26)18-8-5-4-6-9-18/h4-6,8-13,16H,7,14-15H2,1-3H3,(H,22,24)/t21-/m0/s1. The minimum atomic E-state index is -3.86. The number of para-hydroxylation sites is 1. The highest BCUT2D eigenvalue weighted by Gasteiger charge is 2.51. The number of hydrogen-bond donors (Lipinski definition) is 1. The van der Waals surface area contributed by atoms with Crippen molar-refractivity contribution in [1.82, 2.24) is 0 Å². The Morgan fingerprint density at radius 3 is 2.36 bits per heavy atom. The second-order valence-corrected chi connectivity index (χ2v) is 9.68. The third kappa shape index (κ3) is 3.85. The molecule has 2 aromatic rings. The van der Waals surface area contributed by atoms with Crippen LogP contribution in [-0.4, -0.2) is 31.7 Å². The molecule has 1 fully saturated rings. The van der Waals surface area contributed by atoms with Crippen LogP contribution in [0, 0.1) is 0 Å². The predicted molar refractivity (Wildman–Crippen MR) is 111 cm³/mol. The average Bonchev–Trinajstić information content (AvgIpc) is 2.65. The molecule has 1 heterocycles. The van der Waals surface area contributed by atoms with Crippen LogP contribution in [0.3, 0.4) is 0 Å². The fourth-order valence-electron chi connectivity index (χ4n) is 3.30. The molecule has 0 bridgehead atoms. The van der Waals surface area contributed by atoms with Gasteiger partial charge in [0.15, 0.2) is 4.75 Å². The van der Waals surface area contributed by atoms with Gasteiger partial charge in [-0.2, -0.15) is 0 Å². The van der Waals surface area contributed by atoms with Gasteiger partial charge < -0.3 is 10.1 Å². The van der Waals surface area contributed by atoms with E-state index in [-0.39, 0.29) is 12.5 Å². The second kappa shape index (κ2) is 7.83. The summed E-state index contributed by atoms with van der Waals surface area (Å²) in [6.07, 6.45) is 0.939. The molecule has 0 spiro atoms. The molecule has 1 aliphatic rings. The van der Waals surface area contributed by atoms with Gasteiger partial charge >= 0.3 is 0 Å². The molecule has 1 N–H and O–H groups in total. The van der Waals surface area contributed by atoms with Crippen molar-refractivity contribution in [1.29, 1.82) is 0 Å². The second-order valence-electron chi connectivity index (χ2n) is 7.39. The molecule has 150 valence electrons. The molecule has 6 nitrogen and oxygen atoms in total. The molecule has 0 saturated carbocycles. The van der Waals surface area contributed by atoms with Crippen LogP contribution in [0.2, 0.25) is 0 Å². The van der Waals surface area contributed by atoms with Crippen molar-refractivity contribution in [2.45, 2.75) is 44.5 Å². The molecule has 3 rings (SSSR count). The zero-order chi connectivity index (χ0) is 20.4. The summed E-state index contributed by atoms with van der Waals surface area (Å²) >= 11 is 0. The van der Waals surface area contributed by atoms with Crippen molar-refractivity contribution >= 4 is 27.3 Å².